The molecule has 0 radical (unpaired) electrons. The average molecular weight is 218 g/mol. The smallest absolute Gasteiger partial charge is 0.277 e. The fraction of sp³-hybridized carbons (Fsp3) is 0.111. The van der Waals surface area contributed by atoms with Gasteiger partial charge in [-0.25, -0.2) is 0 Å². The molecule has 0 atom stereocenters. The molecule has 0 saturated heterocycles. The largest absolute Gasteiger partial charge is 0.410 e. The summed E-state index contributed by atoms with van der Waals surface area (Å²) in [6.07, 6.45) is 1.65. The minimum Gasteiger partial charge on any atom is -0.410 e. The molecule has 74 valence electrons. The maximum Gasteiger partial charge on any atom is 0.277 e. The molecule has 0 fully saturated rings. The third kappa shape index (κ3) is 2.33. The number of aromatic nitrogens is 3. The predicted molar refractivity (Wildman–Crippen MR) is 53.9 cm³/mol. The molecule has 2 heterocycles. The normalized spacial score (nSPS) is 9.80. The highest BCUT2D eigenvalue weighted by atomic mass is 32.2. The van der Waals surface area contributed by atoms with E-state index < -0.39 is 0 Å². The van der Waals surface area contributed by atoms with Gasteiger partial charge in [-0.1, -0.05) is 17.8 Å². The van der Waals surface area contributed by atoms with Crippen molar-refractivity contribution in [2.45, 2.75) is 5.22 Å². The summed E-state index contributed by atoms with van der Waals surface area (Å²) >= 11 is 1.21. The van der Waals surface area contributed by atoms with E-state index in [4.69, 9.17) is 9.68 Å². The molecule has 5 nitrogen and oxygen atoms in total. The number of thioether (sulfide) groups is 1. The molecule has 0 aliphatic carbocycles. The van der Waals surface area contributed by atoms with E-state index in [9.17, 15) is 0 Å². The SMILES string of the molecule is N#CCSc1nnc(-c2ccccn2)o1. The van der Waals surface area contributed by atoms with Crippen LogP contribution in [0.3, 0.4) is 0 Å². The van der Waals surface area contributed by atoms with Gasteiger partial charge in [0, 0.05) is 6.20 Å². The van der Waals surface area contributed by atoms with Crippen LogP contribution >= 0.6 is 11.8 Å². The molecule has 2 aromatic heterocycles. The Hall–Kier alpha value is -1.87. The standard InChI is InChI=1S/C9H6N4OS/c10-4-6-15-9-13-12-8(14-9)7-3-1-2-5-11-7/h1-3,5H,6H2. The first kappa shape index (κ1) is 9.68. The highest BCUT2D eigenvalue weighted by molar-refractivity contribution is 7.99. The zero-order valence-corrected chi connectivity index (χ0v) is 8.44. The molecule has 0 saturated carbocycles. The lowest BCUT2D eigenvalue weighted by molar-refractivity contribution is 0.465. The van der Waals surface area contributed by atoms with Crippen molar-refractivity contribution < 1.29 is 4.42 Å². The molecule has 2 aromatic rings. The van der Waals surface area contributed by atoms with E-state index in [1.54, 1.807) is 12.3 Å². The molecule has 0 aliphatic heterocycles. The van der Waals surface area contributed by atoms with Gasteiger partial charge in [-0.3, -0.25) is 4.98 Å². The van der Waals surface area contributed by atoms with Crippen LogP contribution in [-0.2, 0) is 0 Å². The van der Waals surface area contributed by atoms with E-state index in [-0.39, 0.29) is 0 Å². The Morgan fingerprint density at radius 2 is 2.33 bits per heavy atom. The quantitative estimate of drug-likeness (QED) is 0.730. The van der Waals surface area contributed by atoms with Crippen LogP contribution in [0.1, 0.15) is 0 Å². The van der Waals surface area contributed by atoms with E-state index in [0.29, 0.717) is 22.6 Å². The van der Waals surface area contributed by atoms with Crippen molar-refractivity contribution in [3.63, 3.8) is 0 Å². The van der Waals surface area contributed by atoms with Crippen LogP contribution < -0.4 is 0 Å². The first-order valence-electron chi connectivity index (χ1n) is 4.15. The van der Waals surface area contributed by atoms with Crippen molar-refractivity contribution >= 4 is 11.8 Å². The average Bonchev–Trinajstić information content (AvgIpc) is 2.76. The molecule has 0 amide bonds. The number of nitrogens with zero attached hydrogens (tertiary/aromatic N) is 4. The predicted octanol–water partition coefficient (Wildman–Crippen LogP) is 1.75. The summed E-state index contributed by atoms with van der Waals surface area (Å²) in [4.78, 5) is 4.07. The maximum atomic E-state index is 8.38. The van der Waals surface area contributed by atoms with Crippen molar-refractivity contribution in [3.05, 3.63) is 24.4 Å². The van der Waals surface area contributed by atoms with Crippen molar-refractivity contribution in [2.75, 3.05) is 5.75 Å². The van der Waals surface area contributed by atoms with Gasteiger partial charge in [0.05, 0.1) is 11.8 Å². The summed E-state index contributed by atoms with van der Waals surface area (Å²) in [5, 5.41) is 16.4. The van der Waals surface area contributed by atoms with Gasteiger partial charge in [-0.15, -0.1) is 10.2 Å². The summed E-state index contributed by atoms with van der Waals surface area (Å²) in [6.45, 7) is 0. The van der Waals surface area contributed by atoms with E-state index in [1.165, 1.54) is 11.8 Å². The van der Waals surface area contributed by atoms with Gasteiger partial charge in [-0.05, 0) is 12.1 Å². The molecule has 15 heavy (non-hydrogen) atoms. The molecule has 0 aromatic carbocycles. The van der Waals surface area contributed by atoms with Gasteiger partial charge < -0.3 is 4.42 Å². The molecule has 0 bridgehead atoms. The lowest BCUT2D eigenvalue weighted by atomic mass is 10.3. The molecule has 0 aliphatic rings. The minimum atomic E-state index is 0.295. The number of rotatable bonds is 3. The topological polar surface area (TPSA) is 75.6 Å². The molecule has 6 heteroatoms. The van der Waals surface area contributed by atoms with Crippen LogP contribution in [0.25, 0.3) is 11.6 Å². The number of nitriles is 1. The summed E-state index contributed by atoms with van der Waals surface area (Å²) in [6, 6.07) is 7.42. The summed E-state index contributed by atoms with van der Waals surface area (Å²) < 4.78 is 5.30. The number of hydrogen-bond acceptors (Lipinski definition) is 6. The summed E-state index contributed by atoms with van der Waals surface area (Å²) in [5.41, 5.74) is 0.633. The second-order valence-electron chi connectivity index (χ2n) is 2.53. The second kappa shape index (κ2) is 4.57. The van der Waals surface area contributed by atoms with E-state index in [0.717, 1.165) is 0 Å². The Labute approximate surface area is 90.2 Å². The van der Waals surface area contributed by atoms with Crippen LogP contribution in [-0.4, -0.2) is 20.9 Å². The van der Waals surface area contributed by atoms with Gasteiger partial charge in [0.25, 0.3) is 11.1 Å². The fourth-order valence-corrected chi connectivity index (χ4v) is 1.38. The van der Waals surface area contributed by atoms with E-state index in [1.807, 2.05) is 18.2 Å². The van der Waals surface area contributed by atoms with Crippen LogP contribution in [0.5, 0.6) is 0 Å². The van der Waals surface area contributed by atoms with E-state index in [2.05, 4.69) is 15.2 Å². The summed E-state index contributed by atoms with van der Waals surface area (Å²) in [7, 11) is 0. The van der Waals surface area contributed by atoms with Crippen molar-refractivity contribution in [1.29, 1.82) is 5.26 Å². The fourth-order valence-electron chi connectivity index (χ4n) is 0.955. The molecule has 0 N–H and O–H groups in total. The van der Waals surface area contributed by atoms with E-state index >= 15 is 0 Å². The monoisotopic (exact) mass is 218 g/mol. The minimum absolute atomic E-state index is 0.295. The molecule has 2 rings (SSSR count). The third-order valence-corrected chi connectivity index (χ3v) is 2.24. The highest BCUT2D eigenvalue weighted by Gasteiger charge is 2.08. The first-order chi connectivity index (χ1) is 7.40. The Morgan fingerprint density at radius 1 is 1.40 bits per heavy atom. The lowest BCUT2D eigenvalue weighted by Crippen LogP contribution is -1.80. The Morgan fingerprint density at radius 3 is 3.07 bits per heavy atom. The lowest BCUT2D eigenvalue weighted by Gasteiger charge is -1.90. The van der Waals surface area contributed by atoms with Crippen LogP contribution in [0.15, 0.2) is 34.0 Å². The molecular formula is C9H6N4OS. The van der Waals surface area contributed by atoms with Gasteiger partial charge in [0.1, 0.15) is 5.69 Å². The van der Waals surface area contributed by atoms with Crippen molar-refractivity contribution in [3.8, 4) is 17.7 Å². The van der Waals surface area contributed by atoms with Gasteiger partial charge in [0.15, 0.2) is 0 Å². The second-order valence-corrected chi connectivity index (χ2v) is 3.46. The summed E-state index contributed by atoms with van der Waals surface area (Å²) in [5.74, 6) is 0.667. The van der Waals surface area contributed by atoms with Crippen molar-refractivity contribution in [1.82, 2.24) is 15.2 Å². The van der Waals surface area contributed by atoms with Crippen LogP contribution in [0.4, 0.5) is 0 Å². The van der Waals surface area contributed by atoms with Gasteiger partial charge in [0.2, 0.25) is 0 Å². The number of pyridine rings is 1. The van der Waals surface area contributed by atoms with Crippen molar-refractivity contribution in [2.24, 2.45) is 0 Å². The van der Waals surface area contributed by atoms with Crippen LogP contribution in [0.2, 0.25) is 0 Å². The first-order valence-corrected chi connectivity index (χ1v) is 5.13. The van der Waals surface area contributed by atoms with Gasteiger partial charge >= 0.3 is 0 Å². The molecule has 0 spiro atoms. The van der Waals surface area contributed by atoms with Crippen LogP contribution in [0, 0.1) is 11.3 Å². The third-order valence-electron chi connectivity index (χ3n) is 1.55. The highest BCUT2D eigenvalue weighted by Crippen LogP contribution is 2.20. The zero-order chi connectivity index (χ0) is 10.5. The Balaban J connectivity index is 2.18. The zero-order valence-electron chi connectivity index (χ0n) is 7.62. The molecule has 0 unspecified atom stereocenters. The molecular weight excluding hydrogens is 212 g/mol. The number of hydrogen-bond donors (Lipinski definition) is 0. The maximum absolute atomic E-state index is 8.38. The van der Waals surface area contributed by atoms with Gasteiger partial charge in [-0.2, -0.15) is 5.26 Å². The Kier molecular flexibility index (Phi) is 2.95. The Bertz CT molecular complexity index is 476.